The van der Waals surface area contributed by atoms with Gasteiger partial charge in [0.15, 0.2) is 11.5 Å². The first-order chi connectivity index (χ1) is 17.0. The van der Waals surface area contributed by atoms with Crippen LogP contribution in [0.3, 0.4) is 0 Å². The predicted octanol–water partition coefficient (Wildman–Crippen LogP) is 6.73. The van der Waals surface area contributed by atoms with Crippen LogP contribution in [0.1, 0.15) is 0 Å². The second-order valence-electron chi connectivity index (χ2n) is 7.18. The molecule has 178 valence electrons. The second kappa shape index (κ2) is 10.7. The number of para-hydroxylation sites is 2. The number of halogens is 1. The summed E-state index contributed by atoms with van der Waals surface area (Å²) >= 11 is 6.24. The van der Waals surface area contributed by atoms with Crippen LogP contribution in [0.4, 0.5) is 21.0 Å². The summed E-state index contributed by atoms with van der Waals surface area (Å²) in [5, 5.41) is 6.46. The molecule has 0 saturated heterocycles. The lowest BCUT2D eigenvalue weighted by Crippen LogP contribution is -2.19. The Morgan fingerprint density at radius 3 is 1.54 bits per heavy atom. The Bertz CT molecular complexity index is 1360. The highest BCUT2D eigenvalue weighted by Crippen LogP contribution is 2.51. The summed E-state index contributed by atoms with van der Waals surface area (Å²) in [5.41, 5.74) is 1.09. The van der Waals surface area contributed by atoms with E-state index in [1.807, 2.05) is 12.1 Å². The van der Waals surface area contributed by atoms with Gasteiger partial charge in [-0.3, -0.25) is 10.6 Å². The van der Waals surface area contributed by atoms with Gasteiger partial charge in [-0.2, -0.15) is 0 Å². The zero-order valence-electron chi connectivity index (χ0n) is 18.8. The van der Waals surface area contributed by atoms with Crippen LogP contribution in [-0.4, -0.2) is 26.4 Å². The lowest BCUT2D eigenvalue weighted by Gasteiger charge is -2.20. The Kier molecular flexibility index (Phi) is 7.23. The van der Waals surface area contributed by atoms with E-state index < -0.39 is 12.2 Å². The number of ether oxygens (including phenoxy) is 4. The van der Waals surface area contributed by atoms with Gasteiger partial charge in [0.1, 0.15) is 0 Å². The van der Waals surface area contributed by atoms with Gasteiger partial charge in [0, 0.05) is 27.2 Å². The lowest BCUT2D eigenvalue weighted by molar-refractivity contribution is 0.209. The first kappa shape index (κ1) is 23.7. The standard InChI is InChI=1S/C26H21ClN2O6/c1-32-23-21(34-25(30)28-17-9-5-3-6-10-17)19-14-13-16(27)15-20(19)22(24(23)33-2)35-26(31)29-18-11-7-4-8-12-18/h3-15H,1-2H3,(H,28,30)(H,29,31). The fraction of sp³-hybridized carbons (Fsp3) is 0.0769. The highest BCUT2D eigenvalue weighted by Gasteiger charge is 2.27. The van der Waals surface area contributed by atoms with E-state index in [9.17, 15) is 9.59 Å². The summed E-state index contributed by atoms with van der Waals surface area (Å²) < 4.78 is 22.3. The van der Waals surface area contributed by atoms with Crippen LogP contribution >= 0.6 is 11.6 Å². The molecule has 0 aromatic heterocycles. The molecule has 2 N–H and O–H groups in total. The summed E-state index contributed by atoms with van der Waals surface area (Å²) in [4.78, 5) is 25.4. The Morgan fingerprint density at radius 1 is 0.629 bits per heavy atom. The van der Waals surface area contributed by atoms with Crippen molar-refractivity contribution >= 4 is 45.9 Å². The van der Waals surface area contributed by atoms with Crippen LogP contribution in [0.2, 0.25) is 5.02 Å². The minimum absolute atomic E-state index is 0.0473. The number of carbonyl (C=O) groups excluding carboxylic acids is 2. The van der Waals surface area contributed by atoms with Crippen LogP contribution in [0.5, 0.6) is 23.0 Å². The van der Waals surface area contributed by atoms with Crippen molar-refractivity contribution in [2.75, 3.05) is 24.9 Å². The number of anilines is 2. The second-order valence-corrected chi connectivity index (χ2v) is 7.61. The van der Waals surface area contributed by atoms with Gasteiger partial charge < -0.3 is 18.9 Å². The molecule has 0 aliphatic heterocycles. The van der Waals surface area contributed by atoms with Gasteiger partial charge in [-0.15, -0.1) is 0 Å². The van der Waals surface area contributed by atoms with E-state index in [4.69, 9.17) is 30.5 Å². The minimum atomic E-state index is -0.756. The zero-order chi connectivity index (χ0) is 24.8. The first-order valence-corrected chi connectivity index (χ1v) is 10.8. The Labute approximate surface area is 206 Å². The van der Waals surface area contributed by atoms with Gasteiger partial charge >= 0.3 is 12.2 Å². The maximum absolute atomic E-state index is 12.7. The zero-order valence-corrected chi connectivity index (χ0v) is 19.6. The van der Waals surface area contributed by atoms with Crippen molar-refractivity contribution in [3.05, 3.63) is 83.9 Å². The number of fused-ring (bicyclic) bond motifs is 1. The minimum Gasteiger partial charge on any atom is -0.490 e. The number of carbonyl (C=O) groups is 2. The van der Waals surface area contributed by atoms with Crippen molar-refractivity contribution < 1.29 is 28.5 Å². The highest BCUT2D eigenvalue weighted by atomic mass is 35.5. The summed E-state index contributed by atoms with van der Waals surface area (Å²) in [6, 6.07) is 22.5. The quantitative estimate of drug-likeness (QED) is 0.310. The number of amides is 2. The van der Waals surface area contributed by atoms with E-state index in [0.29, 0.717) is 27.2 Å². The fourth-order valence-electron chi connectivity index (χ4n) is 3.44. The van der Waals surface area contributed by atoms with Crippen LogP contribution in [0.25, 0.3) is 10.8 Å². The summed E-state index contributed by atoms with van der Waals surface area (Å²) in [6.45, 7) is 0. The van der Waals surface area contributed by atoms with Crippen molar-refractivity contribution in [2.24, 2.45) is 0 Å². The summed E-state index contributed by atoms with van der Waals surface area (Å²) in [5.74, 6) is 0.229. The summed E-state index contributed by atoms with van der Waals surface area (Å²) in [7, 11) is 2.76. The number of hydrogen-bond donors (Lipinski definition) is 2. The molecule has 4 aromatic rings. The van der Waals surface area contributed by atoms with Crippen LogP contribution in [-0.2, 0) is 0 Å². The Morgan fingerprint density at radius 2 is 1.09 bits per heavy atom. The molecule has 4 aromatic carbocycles. The SMILES string of the molecule is COc1c(OC)c(OC(=O)Nc2ccccc2)c2cc(Cl)ccc2c1OC(=O)Nc1ccccc1. The molecule has 0 aliphatic carbocycles. The van der Waals surface area contributed by atoms with Gasteiger partial charge in [0.25, 0.3) is 0 Å². The molecule has 0 unspecified atom stereocenters. The largest absolute Gasteiger partial charge is 0.490 e. The average Bonchev–Trinajstić information content (AvgIpc) is 2.86. The molecule has 4 rings (SSSR count). The topological polar surface area (TPSA) is 95.1 Å². The lowest BCUT2D eigenvalue weighted by atomic mass is 10.1. The van der Waals surface area contributed by atoms with E-state index in [1.54, 1.807) is 66.7 Å². The van der Waals surface area contributed by atoms with Gasteiger partial charge in [-0.05, 0) is 42.5 Å². The van der Waals surface area contributed by atoms with Crippen molar-refractivity contribution in [2.45, 2.75) is 0 Å². The van der Waals surface area contributed by atoms with Crippen molar-refractivity contribution in [1.82, 2.24) is 0 Å². The number of rotatable bonds is 6. The molecule has 8 nitrogen and oxygen atoms in total. The molecule has 0 aliphatic rings. The molecule has 0 fully saturated rings. The monoisotopic (exact) mass is 492 g/mol. The van der Waals surface area contributed by atoms with E-state index in [2.05, 4.69) is 10.6 Å². The first-order valence-electron chi connectivity index (χ1n) is 10.4. The molecular formula is C26H21ClN2O6. The molecule has 0 spiro atoms. The van der Waals surface area contributed by atoms with Crippen LogP contribution in [0, 0.1) is 0 Å². The van der Waals surface area contributed by atoms with E-state index >= 15 is 0 Å². The molecule has 0 radical (unpaired) electrons. The van der Waals surface area contributed by atoms with E-state index in [1.165, 1.54) is 14.2 Å². The number of nitrogens with one attached hydrogen (secondary N) is 2. The Hall–Kier alpha value is -4.43. The maximum Gasteiger partial charge on any atom is 0.417 e. The van der Waals surface area contributed by atoms with Crippen molar-refractivity contribution in [1.29, 1.82) is 0 Å². The van der Waals surface area contributed by atoms with E-state index in [0.717, 1.165) is 0 Å². The Balaban J connectivity index is 1.75. The normalized spacial score (nSPS) is 10.4. The molecule has 2 amide bonds. The number of benzene rings is 4. The third-order valence-electron chi connectivity index (χ3n) is 4.93. The molecular weight excluding hydrogens is 472 g/mol. The molecule has 0 atom stereocenters. The van der Waals surface area contributed by atoms with Crippen LogP contribution < -0.4 is 29.6 Å². The van der Waals surface area contributed by atoms with E-state index in [-0.39, 0.29) is 23.0 Å². The number of methoxy groups -OCH3 is 2. The highest BCUT2D eigenvalue weighted by molar-refractivity contribution is 6.31. The van der Waals surface area contributed by atoms with Gasteiger partial charge in [-0.25, -0.2) is 9.59 Å². The average molecular weight is 493 g/mol. The smallest absolute Gasteiger partial charge is 0.417 e. The van der Waals surface area contributed by atoms with Gasteiger partial charge in [0.05, 0.1) is 14.2 Å². The maximum atomic E-state index is 12.7. The van der Waals surface area contributed by atoms with Crippen LogP contribution in [0.15, 0.2) is 78.9 Å². The molecule has 35 heavy (non-hydrogen) atoms. The third-order valence-corrected chi connectivity index (χ3v) is 5.16. The predicted molar refractivity (Wildman–Crippen MR) is 134 cm³/mol. The fourth-order valence-corrected chi connectivity index (χ4v) is 3.61. The van der Waals surface area contributed by atoms with Gasteiger partial charge in [0.2, 0.25) is 11.5 Å². The third kappa shape index (κ3) is 5.39. The molecule has 0 heterocycles. The number of hydrogen-bond acceptors (Lipinski definition) is 6. The van der Waals surface area contributed by atoms with Gasteiger partial charge in [-0.1, -0.05) is 48.0 Å². The molecule has 9 heteroatoms. The van der Waals surface area contributed by atoms with Crippen molar-refractivity contribution in [3.8, 4) is 23.0 Å². The molecule has 0 bridgehead atoms. The molecule has 0 saturated carbocycles. The summed E-state index contributed by atoms with van der Waals surface area (Å²) in [6.07, 6.45) is -1.50. The van der Waals surface area contributed by atoms with Crippen molar-refractivity contribution in [3.63, 3.8) is 0 Å².